The normalized spacial score (nSPS) is 13.8. The number of halogens is 2. The first kappa shape index (κ1) is 13.9. The maximum Gasteiger partial charge on any atom is 0.334 e. The molecule has 16 heavy (non-hydrogen) atoms. The molecule has 0 aromatic heterocycles. The minimum Gasteiger partial charge on any atom is -0.478 e. The number of Topliss-reactive ketones (excluding diaryl/α,β-unsaturated/α-hetero) is 1. The zero-order chi connectivity index (χ0) is 13.0. The van der Waals surface area contributed by atoms with Crippen LogP contribution in [0.4, 0.5) is 8.78 Å². The molecule has 0 aliphatic heterocycles. The number of carbonyl (C=O) groups is 3. The zero-order valence-corrected chi connectivity index (χ0v) is 8.38. The van der Waals surface area contributed by atoms with Crippen LogP contribution in [0.15, 0.2) is 22.8 Å². The van der Waals surface area contributed by atoms with Gasteiger partial charge in [0, 0.05) is 0 Å². The fourth-order valence-corrected chi connectivity index (χ4v) is 0.625. The predicted molar refractivity (Wildman–Crippen MR) is 47.9 cm³/mol. The first-order chi connectivity index (χ1) is 7.20. The van der Waals surface area contributed by atoms with Gasteiger partial charge in [0.05, 0.1) is 11.1 Å². The summed E-state index contributed by atoms with van der Waals surface area (Å²) in [6, 6.07) is 0. The van der Waals surface area contributed by atoms with Crippen molar-refractivity contribution in [1.29, 1.82) is 0 Å². The lowest BCUT2D eigenvalue weighted by molar-refractivity contribution is -0.133. The molecule has 0 saturated heterocycles. The highest BCUT2D eigenvalue weighted by Gasteiger charge is 2.24. The minimum atomic E-state index is -1.89. The average Bonchev–Trinajstić information content (AvgIpc) is 2.23. The summed E-state index contributed by atoms with van der Waals surface area (Å²) in [5, 5.41) is 16.7. The molecule has 0 spiro atoms. The molecular weight excluding hydrogens is 226 g/mol. The summed E-state index contributed by atoms with van der Waals surface area (Å²) >= 11 is 0. The van der Waals surface area contributed by atoms with Crippen molar-refractivity contribution in [1.82, 2.24) is 0 Å². The smallest absolute Gasteiger partial charge is 0.334 e. The quantitative estimate of drug-likeness (QED) is 0.713. The maximum absolute atomic E-state index is 13.0. The van der Waals surface area contributed by atoms with Crippen molar-refractivity contribution in [2.24, 2.45) is 0 Å². The van der Waals surface area contributed by atoms with Gasteiger partial charge in [-0.1, -0.05) is 0 Å². The lowest BCUT2D eigenvalue weighted by atomic mass is 10.1. The molecule has 0 heterocycles. The van der Waals surface area contributed by atoms with Crippen LogP contribution in [-0.2, 0) is 14.4 Å². The van der Waals surface area contributed by atoms with E-state index < -0.39 is 40.5 Å². The van der Waals surface area contributed by atoms with Gasteiger partial charge in [-0.2, -0.15) is 0 Å². The molecule has 0 rings (SSSR count). The SMILES string of the molecule is CC(C(=O)O)=C(F)C(=O)C(F)=C(C)C(=O)O. The molecule has 0 aliphatic rings. The number of carboxylic acid groups (broad SMARTS) is 2. The van der Waals surface area contributed by atoms with E-state index in [1.807, 2.05) is 0 Å². The summed E-state index contributed by atoms with van der Waals surface area (Å²) in [6.45, 7) is 1.53. The number of hydrogen-bond donors (Lipinski definition) is 2. The number of carbonyl (C=O) groups excluding carboxylic acids is 1. The van der Waals surface area contributed by atoms with Crippen LogP contribution in [0.2, 0.25) is 0 Å². The first-order valence-corrected chi connectivity index (χ1v) is 3.94. The highest BCUT2D eigenvalue weighted by atomic mass is 19.1. The number of carboxylic acids is 2. The Balaban J connectivity index is 5.42. The predicted octanol–water partition coefficient (Wildman–Crippen LogP) is 1.21. The average molecular weight is 234 g/mol. The second-order valence-corrected chi connectivity index (χ2v) is 2.82. The molecule has 7 heteroatoms. The molecule has 0 atom stereocenters. The van der Waals surface area contributed by atoms with Gasteiger partial charge in [0.1, 0.15) is 0 Å². The van der Waals surface area contributed by atoms with Gasteiger partial charge in [-0.05, 0) is 13.8 Å². The van der Waals surface area contributed by atoms with E-state index >= 15 is 0 Å². The van der Waals surface area contributed by atoms with Crippen LogP contribution >= 0.6 is 0 Å². The number of rotatable bonds is 4. The zero-order valence-electron chi connectivity index (χ0n) is 8.38. The molecule has 5 nitrogen and oxygen atoms in total. The Kier molecular flexibility index (Phi) is 4.49. The summed E-state index contributed by atoms with van der Waals surface area (Å²) in [5.41, 5.74) is -1.98. The van der Waals surface area contributed by atoms with Crippen LogP contribution in [0, 0.1) is 0 Å². The highest BCUT2D eigenvalue weighted by Crippen LogP contribution is 2.17. The van der Waals surface area contributed by atoms with E-state index in [1.165, 1.54) is 0 Å². The van der Waals surface area contributed by atoms with Gasteiger partial charge >= 0.3 is 11.9 Å². The maximum atomic E-state index is 13.0. The van der Waals surface area contributed by atoms with Crippen molar-refractivity contribution in [3.63, 3.8) is 0 Å². The Hall–Kier alpha value is -2.05. The Morgan fingerprint density at radius 1 is 0.812 bits per heavy atom. The van der Waals surface area contributed by atoms with E-state index in [4.69, 9.17) is 10.2 Å². The molecule has 0 aromatic rings. The van der Waals surface area contributed by atoms with Crippen LogP contribution in [0.25, 0.3) is 0 Å². The van der Waals surface area contributed by atoms with Crippen molar-refractivity contribution in [3.8, 4) is 0 Å². The molecule has 0 bridgehead atoms. The van der Waals surface area contributed by atoms with E-state index in [-0.39, 0.29) is 0 Å². The van der Waals surface area contributed by atoms with Crippen LogP contribution in [0.5, 0.6) is 0 Å². The van der Waals surface area contributed by atoms with Crippen LogP contribution in [0.3, 0.4) is 0 Å². The second-order valence-electron chi connectivity index (χ2n) is 2.82. The van der Waals surface area contributed by atoms with Crippen LogP contribution in [-0.4, -0.2) is 27.9 Å². The third-order valence-corrected chi connectivity index (χ3v) is 1.70. The third-order valence-electron chi connectivity index (χ3n) is 1.70. The standard InChI is InChI=1S/C9H8F2O5/c1-3(8(13)14)5(10)7(12)6(11)4(2)9(15)16/h1-2H3,(H,13,14)(H,15,16). The Morgan fingerprint density at radius 3 is 1.25 bits per heavy atom. The molecule has 0 unspecified atom stereocenters. The first-order valence-electron chi connectivity index (χ1n) is 3.94. The third kappa shape index (κ3) is 2.97. The van der Waals surface area contributed by atoms with Crippen molar-refractivity contribution in [2.45, 2.75) is 13.8 Å². The van der Waals surface area contributed by atoms with Crippen molar-refractivity contribution in [3.05, 3.63) is 22.8 Å². The Morgan fingerprint density at radius 2 is 1.06 bits per heavy atom. The molecule has 0 saturated carbocycles. The fourth-order valence-electron chi connectivity index (χ4n) is 0.625. The fraction of sp³-hybridized carbons (Fsp3) is 0.222. The Bertz CT molecular complexity index is 382. The lowest BCUT2D eigenvalue weighted by Gasteiger charge is -1.99. The highest BCUT2D eigenvalue weighted by molar-refractivity contribution is 6.12. The summed E-state index contributed by atoms with van der Waals surface area (Å²) in [7, 11) is 0. The van der Waals surface area contributed by atoms with Gasteiger partial charge < -0.3 is 10.2 Å². The summed E-state index contributed by atoms with van der Waals surface area (Å²) in [4.78, 5) is 31.5. The molecule has 88 valence electrons. The van der Waals surface area contributed by atoms with Crippen molar-refractivity contribution in [2.75, 3.05) is 0 Å². The van der Waals surface area contributed by atoms with Crippen molar-refractivity contribution < 1.29 is 33.4 Å². The number of ketones is 1. The minimum absolute atomic E-state index is 0.763. The number of allylic oxidation sites excluding steroid dienone is 2. The Labute approximate surface area is 88.7 Å². The second kappa shape index (κ2) is 5.15. The molecule has 0 aromatic carbocycles. The van der Waals surface area contributed by atoms with E-state index in [2.05, 4.69) is 0 Å². The van der Waals surface area contributed by atoms with Crippen LogP contribution in [0.1, 0.15) is 13.8 Å². The van der Waals surface area contributed by atoms with Gasteiger partial charge in [-0.25, -0.2) is 18.4 Å². The number of aliphatic carboxylic acids is 2. The molecule has 0 amide bonds. The number of hydrogen-bond acceptors (Lipinski definition) is 3. The van der Waals surface area contributed by atoms with Gasteiger partial charge in [0.2, 0.25) is 0 Å². The largest absolute Gasteiger partial charge is 0.478 e. The van der Waals surface area contributed by atoms with Gasteiger partial charge in [0.15, 0.2) is 11.7 Å². The van der Waals surface area contributed by atoms with E-state index in [9.17, 15) is 23.2 Å². The van der Waals surface area contributed by atoms with Crippen molar-refractivity contribution >= 4 is 17.7 Å². The van der Waals surface area contributed by atoms with Gasteiger partial charge in [0.25, 0.3) is 5.78 Å². The van der Waals surface area contributed by atoms with E-state index in [0.29, 0.717) is 0 Å². The molecule has 0 aliphatic carbocycles. The van der Waals surface area contributed by atoms with Gasteiger partial charge in [-0.3, -0.25) is 4.79 Å². The monoisotopic (exact) mass is 234 g/mol. The summed E-state index contributed by atoms with van der Waals surface area (Å²) < 4.78 is 26.0. The summed E-state index contributed by atoms with van der Waals surface area (Å²) in [5.74, 6) is -9.01. The topological polar surface area (TPSA) is 91.7 Å². The van der Waals surface area contributed by atoms with E-state index in [0.717, 1.165) is 13.8 Å². The molecular formula is C9H8F2O5. The van der Waals surface area contributed by atoms with Gasteiger partial charge in [-0.15, -0.1) is 0 Å². The lowest BCUT2D eigenvalue weighted by Crippen LogP contribution is -2.11. The molecule has 0 radical (unpaired) electrons. The van der Waals surface area contributed by atoms with Crippen LogP contribution < -0.4 is 0 Å². The van der Waals surface area contributed by atoms with E-state index in [1.54, 1.807) is 0 Å². The summed E-state index contributed by atoms with van der Waals surface area (Å²) in [6.07, 6.45) is 0. The molecule has 0 fully saturated rings. The molecule has 2 N–H and O–H groups in total.